The van der Waals surface area contributed by atoms with E-state index in [1.165, 1.54) is 0 Å². The molecule has 1 atom stereocenters. The lowest BCUT2D eigenvalue weighted by molar-refractivity contribution is 0.864. The van der Waals surface area contributed by atoms with Gasteiger partial charge in [0.1, 0.15) is 11.6 Å². The van der Waals surface area contributed by atoms with E-state index in [0.717, 1.165) is 24.3 Å². The van der Waals surface area contributed by atoms with E-state index in [0.29, 0.717) is 5.82 Å². The maximum Gasteiger partial charge on any atom is 0.223 e. The number of nitrogen functional groups attached to an aromatic ring is 1. The molecular formula is C14H20N6. The lowest BCUT2D eigenvalue weighted by Gasteiger charge is -2.15. The highest BCUT2D eigenvalue weighted by Crippen LogP contribution is 2.19. The van der Waals surface area contributed by atoms with E-state index in [1.54, 1.807) is 6.20 Å². The lowest BCUT2D eigenvalue weighted by Crippen LogP contribution is -2.11. The van der Waals surface area contributed by atoms with Crippen LogP contribution in [0.2, 0.25) is 0 Å². The van der Waals surface area contributed by atoms with Crippen molar-refractivity contribution in [3.8, 4) is 0 Å². The van der Waals surface area contributed by atoms with Gasteiger partial charge in [0.05, 0.1) is 6.04 Å². The third-order valence-corrected chi connectivity index (χ3v) is 2.85. The van der Waals surface area contributed by atoms with Crippen LogP contribution in [0.3, 0.4) is 0 Å². The Morgan fingerprint density at radius 1 is 1.30 bits per heavy atom. The van der Waals surface area contributed by atoms with Crippen molar-refractivity contribution >= 4 is 17.6 Å². The second-order valence-electron chi connectivity index (χ2n) is 4.58. The Balaban J connectivity index is 2.10. The summed E-state index contributed by atoms with van der Waals surface area (Å²) in [5, 5.41) is 6.51. The first kappa shape index (κ1) is 14.0. The van der Waals surface area contributed by atoms with E-state index in [2.05, 4.69) is 39.4 Å². The molecular weight excluding hydrogens is 252 g/mol. The normalized spacial score (nSPS) is 11.9. The SMILES string of the molecule is CCCNc1cc(NC(C)c2cccnc2)nc(N)n1. The van der Waals surface area contributed by atoms with Crippen LogP contribution in [0.5, 0.6) is 0 Å². The minimum atomic E-state index is 0.0945. The topological polar surface area (TPSA) is 88.8 Å². The van der Waals surface area contributed by atoms with Gasteiger partial charge in [-0.25, -0.2) is 0 Å². The molecule has 0 saturated heterocycles. The molecule has 2 heterocycles. The molecule has 2 aromatic heterocycles. The first-order chi connectivity index (χ1) is 9.69. The summed E-state index contributed by atoms with van der Waals surface area (Å²) >= 11 is 0. The zero-order valence-electron chi connectivity index (χ0n) is 11.8. The van der Waals surface area contributed by atoms with Gasteiger partial charge < -0.3 is 16.4 Å². The van der Waals surface area contributed by atoms with Crippen LogP contribution < -0.4 is 16.4 Å². The van der Waals surface area contributed by atoms with E-state index >= 15 is 0 Å². The highest BCUT2D eigenvalue weighted by molar-refractivity contribution is 5.51. The monoisotopic (exact) mass is 272 g/mol. The van der Waals surface area contributed by atoms with Crippen molar-refractivity contribution in [2.75, 3.05) is 22.9 Å². The van der Waals surface area contributed by atoms with Gasteiger partial charge in [0.25, 0.3) is 0 Å². The highest BCUT2D eigenvalue weighted by Gasteiger charge is 2.08. The number of anilines is 3. The fourth-order valence-electron chi connectivity index (χ4n) is 1.82. The summed E-state index contributed by atoms with van der Waals surface area (Å²) in [6.07, 6.45) is 4.61. The smallest absolute Gasteiger partial charge is 0.223 e. The van der Waals surface area contributed by atoms with Crippen molar-refractivity contribution in [3.63, 3.8) is 0 Å². The van der Waals surface area contributed by atoms with Crippen molar-refractivity contribution in [1.82, 2.24) is 15.0 Å². The first-order valence-corrected chi connectivity index (χ1v) is 6.74. The fraction of sp³-hybridized carbons (Fsp3) is 0.357. The van der Waals surface area contributed by atoms with Crippen LogP contribution in [-0.2, 0) is 0 Å². The zero-order chi connectivity index (χ0) is 14.4. The Morgan fingerprint density at radius 3 is 2.80 bits per heavy atom. The van der Waals surface area contributed by atoms with Crippen LogP contribution in [0.4, 0.5) is 17.6 Å². The number of nitrogens with one attached hydrogen (secondary N) is 2. The quantitative estimate of drug-likeness (QED) is 0.748. The van der Waals surface area contributed by atoms with Gasteiger partial charge in [-0.1, -0.05) is 13.0 Å². The summed E-state index contributed by atoms with van der Waals surface area (Å²) in [4.78, 5) is 12.5. The van der Waals surface area contributed by atoms with Gasteiger partial charge in [0.15, 0.2) is 0 Å². The first-order valence-electron chi connectivity index (χ1n) is 6.74. The van der Waals surface area contributed by atoms with Crippen molar-refractivity contribution in [1.29, 1.82) is 0 Å². The van der Waals surface area contributed by atoms with Gasteiger partial charge in [-0.3, -0.25) is 4.98 Å². The van der Waals surface area contributed by atoms with E-state index in [-0.39, 0.29) is 12.0 Å². The molecule has 20 heavy (non-hydrogen) atoms. The predicted octanol–water partition coefficient (Wildman–Crippen LogP) is 2.45. The standard InChI is InChI=1S/C14H20N6/c1-3-6-17-12-8-13(20-14(15)19-12)18-10(2)11-5-4-7-16-9-11/h4-5,7-10H,3,6H2,1-2H3,(H4,15,17,18,19,20). The molecule has 0 fully saturated rings. The zero-order valence-corrected chi connectivity index (χ0v) is 11.8. The van der Waals surface area contributed by atoms with Gasteiger partial charge in [0.2, 0.25) is 5.95 Å². The molecule has 0 radical (unpaired) electrons. The molecule has 0 bridgehead atoms. The number of aromatic nitrogens is 3. The van der Waals surface area contributed by atoms with Gasteiger partial charge >= 0.3 is 0 Å². The van der Waals surface area contributed by atoms with Gasteiger partial charge in [-0.2, -0.15) is 9.97 Å². The number of nitrogens with two attached hydrogens (primary N) is 1. The lowest BCUT2D eigenvalue weighted by atomic mass is 10.1. The molecule has 106 valence electrons. The van der Waals surface area contributed by atoms with Gasteiger partial charge in [-0.15, -0.1) is 0 Å². The van der Waals surface area contributed by atoms with Crippen molar-refractivity contribution in [3.05, 3.63) is 36.2 Å². The molecule has 0 aromatic carbocycles. The maximum atomic E-state index is 5.73. The van der Waals surface area contributed by atoms with E-state index in [9.17, 15) is 0 Å². The van der Waals surface area contributed by atoms with Gasteiger partial charge in [0, 0.05) is 25.0 Å². The molecule has 0 spiro atoms. The Kier molecular flexibility index (Phi) is 4.70. The van der Waals surface area contributed by atoms with Gasteiger partial charge in [-0.05, 0) is 25.0 Å². The average molecular weight is 272 g/mol. The van der Waals surface area contributed by atoms with Crippen molar-refractivity contribution < 1.29 is 0 Å². The minimum absolute atomic E-state index is 0.0945. The molecule has 6 nitrogen and oxygen atoms in total. The third-order valence-electron chi connectivity index (χ3n) is 2.85. The summed E-state index contributed by atoms with van der Waals surface area (Å²) < 4.78 is 0. The van der Waals surface area contributed by atoms with Crippen molar-refractivity contribution in [2.45, 2.75) is 26.3 Å². The number of nitrogens with zero attached hydrogens (tertiary/aromatic N) is 3. The summed E-state index contributed by atoms with van der Waals surface area (Å²) in [5.74, 6) is 1.69. The summed E-state index contributed by atoms with van der Waals surface area (Å²) in [7, 11) is 0. The van der Waals surface area contributed by atoms with Crippen LogP contribution in [-0.4, -0.2) is 21.5 Å². The van der Waals surface area contributed by atoms with Crippen LogP contribution in [0, 0.1) is 0 Å². The number of hydrogen-bond donors (Lipinski definition) is 3. The molecule has 0 amide bonds. The molecule has 0 aliphatic rings. The molecule has 1 unspecified atom stereocenters. The van der Waals surface area contributed by atoms with E-state index < -0.39 is 0 Å². The van der Waals surface area contributed by atoms with E-state index in [4.69, 9.17) is 5.73 Å². The van der Waals surface area contributed by atoms with Crippen LogP contribution >= 0.6 is 0 Å². The maximum absolute atomic E-state index is 5.73. The molecule has 0 saturated carbocycles. The molecule has 0 aliphatic carbocycles. The summed E-state index contributed by atoms with van der Waals surface area (Å²) in [6, 6.07) is 5.89. The predicted molar refractivity (Wildman–Crippen MR) is 81.5 cm³/mol. The molecule has 2 rings (SSSR count). The highest BCUT2D eigenvalue weighted by atomic mass is 15.1. The van der Waals surface area contributed by atoms with Crippen LogP contribution in [0.15, 0.2) is 30.6 Å². The second kappa shape index (κ2) is 6.70. The molecule has 4 N–H and O–H groups in total. The number of pyridine rings is 1. The number of hydrogen-bond acceptors (Lipinski definition) is 6. The average Bonchev–Trinajstić information content (AvgIpc) is 2.45. The summed E-state index contributed by atoms with van der Waals surface area (Å²) in [6.45, 7) is 5.00. The third kappa shape index (κ3) is 3.81. The number of rotatable bonds is 6. The fourth-order valence-corrected chi connectivity index (χ4v) is 1.82. The molecule has 0 aliphatic heterocycles. The Morgan fingerprint density at radius 2 is 2.10 bits per heavy atom. The van der Waals surface area contributed by atoms with Crippen molar-refractivity contribution in [2.24, 2.45) is 0 Å². The summed E-state index contributed by atoms with van der Waals surface area (Å²) in [5.41, 5.74) is 6.82. The largest absolute Gasteiger partial charge is 0.370 e. The molecule has 6 heteroatoms. The van der Waals surface area contributed by atoms with E-state index in [1.807, 2.05) is 24.4 Å². The Hall–Kier alpha value is -2.37. The second-order valence-corrected chi connectivity index (χ2v) is 4.58. The Labute approximate surface area is 118 Å². The minimum Gasteiger partial charge on any atom is -0.370 e. The van der Waals surface area contributed by atoms with Crippen LogP contribution in [0.1, 0.15) is 31.9 Å². The Bertz CT molecular complexity index is 543. The molecule has 2 aromatic rings. The van der Waals surface area contributed by atoms with Crippen LogP contribution in [0.25, 0.3) is 0 Å².